The molecule has 0 atom stereocenters. The van der Waals surface area contributed by atoms with Gasteiger partial charge in [0.15, 0.2) is 5.16 Å². The Morgan fingerprint density at radius 2 is 1.93 bits per heavy atom. The lowest BCUT2D eigenvalue weighted by atomic mass is 9.95. The standard InChI is InChI=1S/C23H25N3O2S2/c27-19(24-15-8-3-1-4-9-15)14-29-23-25-21-20(17-12-7-13-18(17)30-21)22(28)26(23)16-10-5-2-6-11-16/h2,5-6,10-11,15H,1,3-4,7-9,12-14H2,(H,24,27). The van der Waals surface area contributed by atoms with Crippen LogP contribution in [0.25, 0.3) is 15.9 Å². The second kappa shape index (κ2) is 8.55. The van der Waals surface area contributed by atoms with E-state index in [0.717, 1.165) is 48.0 Å². The first-order valence-electron chi connectivity index (χ1n) is 10.8. The van der Waals surface area contributed by atoms with E-state index >= 15 is 0 Å². The lowest BCUT2D eigenvalue weighted by molar-refractivity contribution is -0.119. The van der Waals surface area contributed by atoms with Crippen molar-refractivity contribution >= 4 is 39.2 Å². The molecular weight excluding hydrogens is 414 g/mol. The van der Waals surface area contributed by atoms with Crippen LogP contribution in [0, 0.1) is 0 Å². The lowest BCUT2D eigenvalue weighted by Crippen LogP contribution is -2.37. The molecule has 1 saturated carbocycles. The summed E-state index contributed by atoms with van der Waals surface area (Å²) in [6, 6.07) is 9.93. The summed E-state index contributed by atoms with van der Waals surface area (Å²) in [5.41, 5.74) is 1.97. The fourth-order valence-electron chi connectivity index (χ4n) is 4.57. The largest absolute Gasteiger partial charge is 0.353 e. The molecule has 5 rings (SSSR count). The van der Waals surface area contributed by atoms with Crippen LogP contribution in [-0.4, -0.2) is 27.3 Å². The van der Waals surface area contributed by atoms with Crippen LogP contribution in [0.3, 0.4) is 0 Å². The van der Waals surface area contributed by atoms with E-state index in [1.807, 2.05) is 30.3 Å². The number of nitrogens with zero attached hydrogens (tertiary/aromatic N) is 2. The second-order valence-corrected chi connectivity index (χ2v) is 10.1. The van der Waals surface area contributed by atoms with E-state index in [4.69, 9.17) is 4.98 Å². The zero-order valence-electron chi connectivity index (χ0n) is 16.9. The summed E-state index contributed by atoms with van der Waals surface area (Å²) in [4.78, 5) is 33.1. The fourth-order valence-corrected chi connectivity index (χ4v) is 6.70. The van der Waals surface area contributed by atoms with Crippen molar-refractivity contribution in [1.29, 1.82) is 0 Å². The average Bonchev–Trinajstić information content (AvgIpc) is 3.34. The Hall–Kier alpha value is -2.12. The molecule has 2 heterocycles. The van der Waals surface area contributed by atoms with Crippen molar-refractivity contribution < 1.29 is 4.79 Å². The zero-order valence-corrected chi connectivity index (χ0v) is 18.5. The molecule has 1 fully saturated rings. The first-order chi connectivity index (χ1) is 14.7. The van der Waals surface area contributed by atoms with Crippen molar-refractivity contribution in [3.63, 3.8) is 0 Å². The number of aromatic nitrogens is 2. The van der Waals surface area contributed by atoms with E-state index in [2.05, 4.69) is 5.32 Å². The molecule has 156 valence electrons. The Labute approximate surface area is 183 Å². The third-order valence-electron chi connectivity index (χ3n) is 6.03. The number of rotatable bonds is 5. The molecular formula is C23H25N3O2S2. The quantitative estimate of drug-likeness (QED) is 0.470. The highest BCUT2D eigenvalue weighted by Crippen LogP contribution is 2.36. The van der Waals surface area contributed by atoms with E-state index < -0.39 is 0 Å². The molecule has 0 unspecified atom stereocenters. The predicted molar refractivity (Wildman–Crippen MR) is 123 cm³/mol. The molecule has 5 nitrogen and oxygen atoms in total. The van der Waals surface area contributed by atoms with Crippen molar-refractivity contribution in [3.05, 3.63) is 51.1 Å². The van der Waals surface area contributed by atoms with Crippen LogP contribution < -0.4 is 10.9 Å². The molecule has 0 radical (unpaired) electrons. The number of carbonyl (C=O) groups is 1. The van der Waals surface area contributed by atoms with E-state index in [0.29, 0.717) is 11.2 Å². The number of benzene rings is 1. The van der Waals surface area contributed by atoms with Crippen molar-refractivity contribution in [2.24, 2.45) is 0 Å². The molecule has 2 aliphatic carbocycles. The number of amides is 1. The van der Waals surface area contributed by atoms with E-state index in [1.54, 1.807) is 15.9 Å². The molecule has 0 aliphatic heterocycles. The minimum atomic E-state index is -0.0132. The monoisotopic (exact) mass is 439 g/mol. The van der Waals surface area contributed by atoms with Crippen LogP contribution in [0.2, 0.25) is 0 Å². The number of para-hydroxylation sites is 1. The summed E-state index contributed by atoms with van der Waals surface area (Å²) < 4.78 is 1.69. The molecule has 1 amide bonds. The Morgan fingerprint density at radius 3 is 2.73 bits per heavy atom. The highest BCUT2D eigenvalue weighted by Gasteiger charge is 2.24. The maximum Gasteiger partial charge on any atom is 0.267 e. The molecule has 3 aromatic rings. The number of nitrogens with one attached hydrogen (secondary N) is 1. The maximum absolute atomic E-state index is 13.5. The van der Waals surface area contributed by atoms with Crippen LogP contribution in [0.15, 0.2) is 40.3 Å². The summed E-state index contributed by atoms with van der Waals surface area (Å²) in [5.74, 6) is 0.293. The van der Waals surface area contributed by atoms with Gasteiger partial charge >= 0.3 is 0 Å². The van der Waals surface area contributed by atoms with Crippen LogP contribution in [-0.2, 0) is 17.6 Å². The van der Waals surface area contributed by atoms with Crippen LogP contribution in [0.4, 0.5) is 0 Å². The minimum Gasteiger partial charge on any atom is -0.353 e. The molecule has 1 N–H and O–H groups in total. The first-order valence-corrected chi connectivity index (χ1v) is 12.6. The van der Waals surface area contributed by atoms with Gasteiger partial charge < -0.3 is 5.32 Å². The molecule has 30 heavy (non-hydrogen) atoms. The average molecular weight is 440 g/mol. The Bertz CT molecular complexity index is 1130. The van der Waals surface area contributed by atoms with Crippen molar-refractivity contribution in [2.75, 3.05) is 5.75 Å². The molecule has 2 aliphatic rings. The minimum absolute atomic E-state index is 0.0132. The third-order valence-corrected chi connectivity index (χ3v) is 8.15. The first kappa shape index (κ1) is 19.8. The summed E-state index contributed by atoms with van der Waals surface area (Å²) in [6.45, 7) is 0. The van der Waals surface area contributed by atoms with E-state index in [-0.39, 0.29) is 17.2 Å². The van der Waals surface area contributed by atoms with Gasteiger partial charge in [-0.1, -0.05) is 49.2 Å². The zero-order chi connectivity index (χ0) is 20.5. The highest BCUT2D eigenvalue weighted by molar-refractivity contribution is 7.99. The van der Waals surface area contributed by atoms with Gasteiger partial charge in [-0.2, -0.15) is 0 Å². The summed E-state index contributed by atoms with van der Waals surface area (Å²) in [5, 5.41) is 4.52. The van der Waals surface area contributed by atoms with Gasteiger partial charge in [-0.05, 0) is 49.8 Å². The highest BCUT2D eigenvalue weighted by atomic mass is 32.2. The third kappa shape index (κ3) is 3.81. The number of hydrogen-bond acceptors (Lipinski definition) is 5. The topological polar surface area (TPSA) is 64.0 Å². The number of fused-ring (bicyclic) bond motifs is 3. The Morgan fingerprint density at radius 1 is 1.13 bits per heavy atom. The molecule has 0 spiro atoms. The maximum atomic E-state index is 13.5. The number of hydrogen-bond donors (Lipinski definition) is 1. The number of thioether (sulfide) groups is 1. The van der Waals surface area contributed by atoms with E-state index in [1.165, 1.54) is 41.5 Å². The van der Waals surface area contributed by atoms with Gasteiger partial charge in [0.1, 0.15) is 4.83 Å². The number of thiophene rings is 1. The molecule has 7 heteroatoms. The molecule has 1 aromatic carbocycles. The molecule has 2 aromatic heterocycles. The predicted octanol–water partition coefficient (Wildman–Crippen LogP) is 4.48. The summed E-state index contributed by atoms with van der Waals surface area (Å²) in [6.07, 6.45) is 8.87. The van der Waals surface area contributed by atoms with Gasteiger partial charge in [0.2, 0.25) is 5.91 Å². The summed E-state index contributed by atoms with van der Waals surface area (Å²) >= 11 is 3.00. The van der Waals surface area contributed by atoms with E-state index in [9.17, 15) is 9.59 Å². The Balaban J connectivity index is 1.47. The molecule has 0 saturated heterocycles. The van der Waals surface area contributed by atoms with Gasteiger partial charge in [-0.15, -0.1) is 11.3 Å². The van der Waals surface area contributed by atoms with Gasteiger partial charge in [-0.3, -0.25) is 14.2 Å². The van der Waals surface area contributed by atoms with Crippen molar-refractivity contribution in [3.8, 4) is 5.69 Å². The lowest BCUT2D eigenvalue weighted by Gasteiger charge is -2.22. The van der Waals surface area contributed by atoms with Gasteiger partial charge in [0.05, 0.1) is 16.8 Å². The van der Waals surface area contributed by atoms with Crippen LogP contribution in [0.5, 0.6) is 0 Å². The number of carbonyl (C=O) groups excluding carboxylic acids is 1. The van der Waals surface area contributed by atoms with Crippen LogP contribution >= 0.6 is 23.1 Å². The van der Waals surface area contributed by atoms with Gasteiger partial charge in [-0.25, -0.2) is 4.98 Å². The van der Waals surface area contributed by atoms with Gasteiger partial charge in [0, 0.05) is 10.9 Å². The Kier molecular flexibility index (Phi) is 5.65. The van der Waals surface area contributed by atoms with Crippen molar-refractivity contribution in [1.82, 2.24) is 14.9 Å². The van der Waals surface area contributed by atoms with Crippen molar-refractivity contribution in [2.45, 2.75) is 62.6 Å². The fraction of sp³-hybridized carbons (Fsp3) is 0.435. The second-order valence-electron chi connectivity index (χ2n) is 8.10. The SMILES string of the molecule is O=C(CSc1nc2sc3c(c2c(=O)n1-c1ccccc1)CCC3)NC1CCCCC1. The van der Waals surface area contributed by atoms with Gasteiger partial charge in [0.25, 0.3) is 5.56 Å². The summed E-state index contributed by atoms with van der Waals surface area (Å²) in [7, 11) is 0. The van der Waals surface area contributed by atoms with Crippen LogP contribution in [0.1, 0.15) is 49.0 Å². The number of aryl methyl sites for hydroxylation is 2. The smallest absolute Gasteiger partial charge is 0.267 e. The normalized spacial score (nSPS) is 16.7. The molecule has 0 bridgehead atoms.